The second-order valence-electron chi connectivity index (χ2n) is 9.91. The molecule has 4 rings (SSSR count). The predicted octanol–water partition coefficient (Wildman–Crippen LogP) is 5.97. The lowest BCUT2D eigenvalue weighted by molar-refractivity contribution is -0.137. The van der Waals surface area contributed by atoms with Gasteiger partial charge in [0.15, 0.2) is 9.84 Å². The molecular formula is C30H32F4N2O4S. The van der Waals surface area contributed by atoms with E-state index < -0.39 is 33.3 Å². The standard InChI is InChI=1S/C30H32F4N2O4S/c1-3-40-19-25-15-23(21-7-10-24(11-8-21)30(32,33)34)18-36(25)28-14-9-22(16-27(28)31)29(37)35-17-20-5-12-26(13-6-20)41(38,39)4-2/h5-14,16,23,25H,3-4,15,17-19H2,1-2H3,(H,35,37)/t23?,25-/m0/s1. The molecule has 1 N–H and O–H groups in total. The molecule has 0 bridgehead atoms. The molecule has 3 aromatic rings. The van der Waals surface area contributed by atoms with Crippen LogP contribution in [0.25, 0.3) is 0 Å². The van der Waals surface area contributed by atoms with Crippen LogP contribution in [0.5, 0.6) is 0 Å². The lowest BCUT2D eigenvalue weighted by Gasteiger charge is -2.27. The van der Waals surface area contributed by atoms with Crippen molar-refractivity contribution in [3.05, 3.63) is 94.8 Å². The molecule has 1 fully saturated rings. The van der Waals surface area contributed by atoms with E-state index >= 15 is 4.39 Å². The van der Waals surface area contributed by atoms with Crippen LogP contribution < -0.4 is 10.2 Å². The Morgan fingerprint density at radius 1 is 1.02 bits per heavy atom. The second kappa shape index (κ2) is 12.6. The average Bonchev–Trinajstić information content (AvgIpc) is 3.38. The van der Waals surface area contributed by atoms with Crippen molar-refractivity contribution in [2.45, 2.75) is 49.8 Å². The van der Waals surface area contributed by atoms with E-state index in [0.717, 1.165) is 23.8 Å². The van der Waals surface area contributed by atoms with Gasteiger partial charge < -0.3 is 15.0 Å². The Morgan fingerprint density at radius 3 is 2.29 bits per heavy atom. The van der Waals surface area contributed by atoms with Crippen molar-refractivity contribution in [1.29, 1.82) is 0 Å². The van der Waals surface area contributed by atoms with Gasteiger partial charge in [0.05, 0.1) is 34.5 Å². The molecule has 41 heavy (non-hydrogen) atoms. The molecule has 0 saturated carbocycles. The molecule has 11 heteroatoms. The van der Waals surface area contributed by atoms with Crippen molar-refractivity contribution in [2.24, 2.45) is 0 Å². The molecule has 3 aromatic carbocycles. The van der Waals surface area contributed by atoms with Gasteiger partial charge in [-0.1, -0.05) is 31.2 Å². The van der Waals surface area contributed by atoms with Gasteiger partial charge in [-0.15, -0.1) is 0 Å². The van der Waals surface area contributed by atoms with Crippen LogP contribution >= 0.6 is 0 Å². The highest BCUT2D eigenvalue weighted by Gasteiger charge is 2.36. The van der Waals surface area contributed by atoms with E-state index in [9.17, 15) is 26.4 Å². The Morgan fingerprint density at radius 2 is 1.71 bits per heavy atom. The summed E-state index contributed by atoms with van der Waals surface area (Å²) in [6.45, 7) is 4.72. The summed E-state index contributed by atoms with van der Waals surface area (Å²) in [4.78, 5) is 14.8. The Bertz CT molecular complexity index is 1460. The number of halogens is 4. The number of sulfone groups is 1. The maximum absolute atomic E-state index is 15.4. The summed E-state index contributed by atoms with van der Waals surface area (Å²) in [7, 11) is -3.32. The van der Waals surface area contributed by atoms with Gasteiger partial charge in [0.2, 0.25) is 0 Å². The number of benzene rings is 3. The summed E-state index contributed by atoms with van der Waals surface area (Å²) < 4.78 is 83.9. The van der Waals surface area contributed by atoms with Crippen molar-refractivity contribution in [3.8, 4) is 0 Å². The number of amides is 1. The highest BCUT2D eigenvalue weighted by atomic mass is 32.2. The zero-order chi connectivity index (χ0) is 29.8. The Balaban J connectivity index is 1.46. The number of carbonyl (C=O) groups is 1. The average molecular weight is 593 g/mol. The van der Waals surface area contributed by atoms with E-state index in [2.05, 4.69) is 5.32 Å². The smallest absolute Gasteiger partial charge is 0.380 e. The number of alkyl halides is 3. The second-order valence-corrected chi connectivity index (χ2v) is 12.2. The number of hydrogen-bond acceptors (Lipinski definition) is 5. The first kappa shape index (κ1) is 30.5. The minimum absolute atomic E-state index is 0.00977. The topological polar surface area (TPSA) is 75.7 Å². The fourth-order valence-corrected chi connectivity index (χ4v) is 5.84. The van der Waals surface area contributed by atoms with Crippen molar-refractivity contribution in [3.63, 3.8) is 0 Å². The van der Waals surface area contributed by atoms with E-state index in [-0.39, 0.29) is 40.4 Å². The van der Waals surface area contributed by atoms with E-state index in [1.165, 1.54) is 36.4 Å². The summed E-state index contributed by atoms with van der Waals surface area (Å²) in [5, 5.41) is 2.72. The van der Waals surface area contributed by atoms with Gasteiger partial charge >= 0.3 is 6.18 Å². The number of nitrogens with zero attached hydrogens (tertiary/aromatic N) is 1. The minimum Gasteiger partial charge on any atom is -0.380 e. The molecule has 0 aromatic heterocycles. The highest BCUT2D eigenvalue weighted by Crippen LogP contribution is 2.38. The first-order valence-electron chi connectivity index (χ1n) is 13.3. The van der Waals surface area contributed by atoms with Gasteiger partial charge in [-0.25, -0.2) is 12.8 Å². The van der Waals surface area contributed by atoms with Gasteiger partial charge in [-0.05, 0) is 66.9 Å². The molecule has 0 aliphatic carbocycles. The molecule has 0 radical (unpaired) electrons. The van der Waals surface area contributed by atoms with Crippen molar-refractivity contribution in [1.82, 2.24) is 5.32 Å². The zero-order valence-electron chi connectivity index (χ0n) is 22.7. The lowest BCUT2D eigenvalue weighted by atomic mass is 9.95. The number of rotatable bonds is 10. The van der Waals surface area contributed by atoms with Gasteiger partial charge in [0, 0.05) is 31.2 Å². The van der Waals surface area contributed by atoms with Crippen LogP contribution in [-0.4, -0.2) is 45.9 Å². The van der Waals surface area contributed by atoms with Crippen LogP contribution in [0.4, 0.5) is 23.2 Å². The summed E-state index contributed by atoms with van der Waals surface area (Å²) in [5.74, 6) is -1.22. The van der Waals surface area contributed by atoms with Crippen molar-refractivity contribution < 1.29 is 35.5 Å². The molecule has 220 valence electrons. The molecule has 0 spiro atoms. The largest absolute Gasteiger partial charge is 0.416 e. The summed E-state index contributed by atoms with van der Waals surface area (Å²) in [6, 6.07) is 15.3. The fourth-order valence-electron chi connectivity index (χ4n) is 4.96. The Hall–Kier alpha value is -3.44. The van der Waals surface area contributed by atoms with Gasteiger partial charge in [-0.2, -0.15) is 13.2 Å². The number of carbonyl (C=O) groups excluding carboxylic acids is 1. The monoisotopic (exact) mass is 592 g/mol. The normalized spacial score (nSPS) is 17.6. The molecule has 1 aliphatic heterocycles. The summed E-state index contributed by atoms with van der Waals surface area (Å²) in [6.07, 6.45) is -3.84. The predicted molar refractivity (Wildman–Crippen MR) is 148 cm³/mol. The van der Waals surface area contributed by atoms with Gasteiger partial charge in [0.1, 0.15) is 5.82 Å². The van der Waals surface area contributed by atoms with Gasteiger partial charge in [-0.3, -0.25) is 4.79 Å². The van der Waals surface area contributed by atoms with Crippen molar-refractivity contribution in [2.75, 3.05) is 30.4 Å². The fraction of sp³-hybridized carbons (Fsp3) is 0.367. The molecule has 1 saturated heterocycles. The van der Waals surface area contributed by atoms with Gasteiger partial charge in [0.25, 0.3) is 5.91 Å². The molecule has 6 nitrogen and oxygen atoms in total. The van der Waals surface area contributed by atoms with Crippen molar-refractivity contribution >= 4 is 21.4 Å². The van der Waals surface area contributed by atoms with E-state index in [4.69, 9.17) is 4.74 Å². The SMILES string of the molecule is CCOC[C@@H]1CC(c2ccc(C(F)(F)F)cc2)CN1c1ccc(C(=O)NCc2ccc(S(=O)(=O)CC)cc2)cc1F. The highest BCUT2D eigenvalue weighted by molar-refractivity contribution is 7.91. The molecule has 1 amide bonds. The van der Waals surface area contributed by atoms with Crippen LogP contribution in [0.15, 0.2) is 71.6 Å². The third-order valence-electron chi connectivity index (χ3n) is 7.27. The molecule has 1 aliphatic rings. The third kappa shape index (κ3) is 7.26. The number of ether oxygens (including phenoxy) is 1. The van der Waals surface area contributed by atoms with Crippen LogP contribution in [0.1, 0.15) is 53.2 Å². The van der Waals surface area contributed by atoms with Crippen LogP contribution in [0, 0.1) is 5.82 Å². The van der Waals surface area contributed by atoms with E-state index in [1.54, 1.807) is 19.1 Å². The first-order valence-corrected chi connectivity index (χ1v) is 15.0. The summed E-state index contributed by atoms with van der Waals surface area (Å²) >= 11 is 0. The minimum atomic E-state index is -4.42. The quantitative estimate of drug-likeness (QED) is 0.294. The van der Waals surface area contributed by atoms with Crippen LogP contribution in [0.2, 0.25) is 0 Å². The van der Waals surface area contributed by atoms with Crippen LogP contribution in [-0.2, 0) is 27.3 Å². The Kier molecular flexibility index (Phi) is 9.38. The maximum atomic E-state index is 15.4. The van der Waals surface area contributed by atoms with E-state index in [0.29, 0.717) is 31.7 Å². The van der Waals surface area contributed by atoms with Crippen LogP contribution in [0.3, 0.4) is 0 Å². The molecular weight excluding hydrogens is 560 g/mol. The number of hydrogen-bond donors (Lipinski definition) is 1. The number of anilines is 1. The Labute approximate surface area is 237 Å². The van der Waals surface area contributed by atoms with E-state index in [1.807, 2.05) is 11.8 Å². The summed E-state index contributed by atoms with van der Waals surface area (Å²) in [5.41, 5.74) is 1.11. The number of nitrogens with one attached hydrogen (secondary N) is 1. The zero-order valence-corrected chi connectivity index (χ0v) is 23.6. The molecule has 2 atom stereocenters. The lowest BCUT2D eigenvalue weighted by Crippen LogP contribution is -2.34. The molecule has 1 heterocycles. The molecule has 1 unspecified atom stereocenters. The first-order chi connectivity index (χ1) is 19.4. The third-order valence-corrected chi connectivity index (χ3v) is 9.02. The maximum Gasteiger partial charge on any atom is 0.416 e.